The van der Waals surface area contributed by atoms with E-state index in [4.69, 9.17) is 9.84 Å². The molecule has 1 saturated heterocycles. The first-order chi connectivity index (χ1) is 9.15. The van der Waals surface area contributed by atoms with Gasteiger partial charge in [-0.25, -0.2) is 4.79 Å². The van der Waals surface area contributed by atoms with Crippen molar-refractivity contribution in [3.05, 3.63) is 29.8 Å². The molecular weight excluding hydrogens is 246 g/mol. The number of carboxylic acid groups (broad SMARTS) is 1. The summed E-state index contributed by atoms with van der Waals surface area (Å²) in [4.78, 5) is 22.4. The van der Waals surface area contributed by atoms with Crippen LogP contribution in [0.5, 0.6) is 0 Å². The first kappa shape index (κ1) is 13.5. The molecule has 102 valence electrons. The summed E-state index contributed by atoms with van der Waals surface area (Å²) in [5, 5.41) is 11.5. The topological polar surface area (TPSA) is 75.6 Å². The lowest BCUT2D eigenvalue weighted by molar-refractivity contribution is -0.116. The molecule has 1 atom stereocenters. The Kier molecular flexibility index (Phi) is 4.52. The van der Waals surface area contributed by atoms with E-state index >= 15 is 0 Å². The molecule has 1 unspecified atom stereocenters. The van der Waals surface area contributed by atoms with E-state index in [1.54, 1.807) is 12.1 Å². The highest BCUT2D eigenvalue weighted by molar-refractivity contribution is 5.92. The highest BCUT2D eigenvalue weighted by atomic mass is 16.5. The van der Waals surface area contributed by atoms with Crippen molar-refractivity contribution < 1.29 is 19.4 Å². The van der Waals surface area contributed by atoms with Crippen molar-refractivity contribution in [2.24, 2.45) is 5.92 Å². The lowest BCUT2D eigenvalue weighted by atomic mass is 10.0. The molecule has 1 heterocycles. The summed E-state index contributed by atoms with van der Waals surface area (Å²) in [7, 11) is 0. The van der Waals surface area contributed by atoms with E-state index in [9.17, 15) is 9.59 Å². The zero-order valence-electron chi connectivity index (χ0n) is 10.6. The number of ether oxygens (including phenoxy) is 1. The summed E-state index contributed by atoms with van der Waals surface area (Å²) in [5.74, 6) is -0.533. The fourth-order valence-electron chi connectivity index (χ4n) is 2.07. The second kappa shape index (κ2) is 6.33. The zero-order valence-corrected chi connectivity index (χ0v) is 10.6. The van der Waals surface area contributed by atoms with Crippen LogP contribution >= 0.6 is 0 Å². The van der Waals surface area contributed by atoms with Gasteiger partial charge in [0, 0.05) is 25.3 Å². The highest BCUT2D eigenvalue weighted by Crippen LogP contribution is 2.18. The molecule has 1 amide bonds. The van der Waals surface area contributed by atoms with Crippen molar-refractivity contribution in [2.45, 2.75) is 19.3 Å². The number of carbonyl (C=O) groups is 2. The summed E-state index contributed by atoms with van der Waals surface area (Å²) in [5.41, 5.74) is 0.832. The molecule has 0 saturated carbocycles. The van der Waals surface area contributed by atoms with Gasteiger partial charge in [0.2, 0.25) is 5.91 Å². The van der Waals surface area contributed by atoms with Crippen LogP contribution in [0.3, 0.4) is 0 Å². The quantitative estimate of drug-likeness (QED) is 0.853. The van der Waals surface area contributed by atoms with Gasteiger partial charge in [0.1, 0.15) is 0 Å². The Balaban J connectivity index is 1.79. The number of hydrogen-bond acceptors (Lipinski definition) is 3. The summed E-state index contributed by atoms with van der Waals surface area (Å²) in [6.45, 7) is 1.55. The van der Waals surface area contributed by atoms with Crippen molar-refractivity contribution in [1.82, 2.24) is 0 Å². The number of aromatic carboxylic acids is 1. The molecule has 0 aromatic heterocycles. The Labute approximate surface area is 111 Å². The van der Waals surface area contributed by atoms with Gasteiger partial charge in [0.05, 0.1) is 5.56 Å². The molecule has 5 heteroatoms. The standard InChI is InChI=1S/C14H17NO4/c16-13(6-1-10-7-8-19-9-10)15-12-4-2-11(3-5-12)14(17)18/h2-5,10H,1,6-9H2,(H,15,16)(H,17,18). The number of anilines is 1. The smallest absolute Gasteiger partial charge is 0.335 e. The van der Waals surface area contributed by atoms with Crippen LogP contribution in [0.1, 0.15) is 29.6 Å². The van der Waals surface area contributed by atoms with Crippen LogP contribution in [0.4, 0.5) is 5.69 Å². The first-order valence-corrected chi connectivity index (χ1v) is 6.36. The molecule has 1 fully saturated rings. The van der Waals surface area contributed by atoms with E-state index in [1.165, 1.54) is 12.1 Å². The summed E-state index contributed by atoms with van der Waals surface area (Å²) >= 11 is 0. The van der Waals surface area contributed by atoms with Crippen LogP contribution in [0.15, 0.2) is 24.3 Å². The van der Waals surface area contributed by atoms with Gasteiger partial charge in [-0.05, 0) is 43.0 Å². The average molecular weight is 263 g/mol. The molecule has 1 aliphatic rings. The third kappa shape index (κ3) is 4.06. The van der Waals surface area contributed by atoms with Gasteiger partial charge < -0.3 is 15.2 Å². The van der Waals surface area contributed by atoms with Crippen LogP contribution in [-0.2, 0) is 9.53 Å². The van der Waals surface area contributed by atoms with Gasteiger partial charge >= 0.3 is 5.97 Å². The van der Waals surface area contributed by atoms with Crippen LogP contribution in [0, 0.1) is 5.92 Å². The molecule has 1 aliphatic heterocycles. The molecule has 1 aromatic rings. The number of rotatable bonds is 5. The Bertz CT molecular complexity index is 449. The van der Waals surface area contributed by atoms with E-state index in [2.05, 4.69) is 5.32 Å². The van der Waals surface area contributed by atoms with Crippen molar-refractivity contribution in [1.29, 1.82) is 0 Å². The summed E-state index contributed by atoms with van der Waals surface area (Å²) in [6.07, 6.45) is 2.33. The largest absolute Gasteiger partial charge is 0.478 e. The van der Waals surface area contributed by atoms with Crippen LogP contribution in [0.2, 0.25) is 0 Å². The van der Waals surface area contributed by atoms with Gasteiger partial charge in [-0.3, -0.25) is 4.79 Å². The SMILES string of the molecule is O=C(CCC1CCOC1)Nc1ccc(C(=O)O)cc1. The second-order valence-corrected chi connectivity index (χ2v) is 4.70. The van der Waals surface area contributed by atoms with Crippen LogP contribution in [0.25, 0.3) is 0 Å². The van der Waals surface area contributed by atoms with Gasteiger partial charge in [0.25, 0.3) is 0 Å². The molecule has 2 rings (SSSR count). The Morgan fingerprint density at radius 2 is 2.05 bits per heavy atom. The molecular formula is C14H17NO4. The van der Waals surface area contributed by atoms with Crippen molar-refractivity contribution in [3.8, 4) is 0 Å². The molecule has 0 aliphatic carbocycles. The van der Waals surface area contributed by atoms with E-state index < -0.39 is 5.97 Å². The number of amides is 1. The van der Waals surface area contributed by atoms with E-state index in [0.29, 0.717) is 18.0 Å². The highest BCUT2D eigenvalue weighted by Gasteiger charge is 2.16. The average Bonchev–Trinajstić information content (AvgIpc) is 2.90. The molecule has 19 heavy (non-hydrogen) atoms. The number of carboxylic acids is 1. The minimum atomic E-state index is -0.973. The Morgan fingerprint density at radius 1 is 1.32 bits per heavy atom. The van der Waals surface area contributed by atoms with Crippen molar-refractivity contribution in [2.75, 3.05) is 18.5 Å². The van der Waals surface area contributed by atoms with E-state index in [1.807, 2.05) is 0 Å². The molecule has 5 nitrogen and oxygen atoms in total. The van der Waals surface area contributed by atoms with Crippen molar-refractivity contribution >= 4 is 17.6 Å². The maximum atomic E-state index is 11.7. The fraction of sp³-hybridized carbons (Fsp3) is 0.429. The van der Waals surface area contributed by atoms with Crippen LogP contribution in [-0.4, -0.2) is 30.2 Å². The summed E-state index contributed by atoms with van der Waals surface area (Å²) in [6, 6.07) is 6.14. The predicted octanol–water partition coefficient (Wildman–Crippen LogP) is 2.14. The molecule has 1 aromatic carbocycles. The normalized spacial score (nSPS) is 18.2. The zero-order chi connectivity index (χ0) is 13.7. The van der Waals surface area contributed by atoms with Crippen molar-refractivity contribution in [3.63, 3.8) is 0 Å². The van der Waals surface area contributed by atoms with E-state index in [0.717, 1.165) is 26.1 Å². The van der Waals surface area contributed by atoms with E-state index in [-0.39, 0.29) is 11.5 Å². The maximum absolute atomic E-state index is 11.7. The molecule has 0 spiro atoms. The lowest BCUT2D eigenvalue weighted by Gasteiger charge is -2.08. The third-order valence-corrected chi connectivity index (χ3v) is 3.22. The maximum Gasteiger partial charge on any atom is 0.335 e. The summed E-state index contributed by atoms with van der Waals surface area (Å²) < 4.78 is 5.26. The molecule has 0 bridgehead atoms. The van der Waals surface area contributed by atoms with Gasteiger partial charge in [-0.15, -0.1) is 0 Å². The van der Waals surface area contributed by atoms with Gasteiger partial charge in [-0.1, -0.05) is 0 Å². The third-order valence-electron chi connectivity index (χ3n) is 3.22. The minimum Gasteiger partial charge on any atom is -0.478 e. The van der Waals surface area contributed by atoms with Gasteiger partial charge in [0.15, 0.2) is 0 Å². The predicted molar refractivity (Wildman–Crippen MR) is 70.2 cm³/mol. The number of hydrogen-bond donors (Lipinski definition) is 2. The Morgan fingerprint density at radius 3 is 2.63 bits per heavy atom. The Hall–Kier alpha value is -1.88. The lowest BCUT2D eigenvalue weighted by Crippen LogP contribution is -2.13. The first-order valence-electron chi connectivity index (χ1n) is 6.36. The molecule has 2 N–H and O–H groups in total. The second-order valence-electron chi connectivity index (χ2n) is 4.70. The molecule has 0 radical (unpaired) electrons. The number of nitrogens with one attached hydrogen (secondary N) is 1. The number of benzene rings is 1. The minimum absolute atomic E-state index is 0.0463. The fourth-order valence-corrected chi connectivity index (χ4v) is 2.07. The van der Waals surface area contributed by atoms with Gasteiger partial charge in [-0.2, -0.15) is 0 Å². The monoisotopic (exact) mass is 263 g/mol. The number of carbonyl (C=O) groups excluding carboxylic acids is 1. The van der Waals surface area contributed by atoms with Crippen LogP contribution < -0.4 is 5.32 Å².